The largest absolute Gasteiger partial charge is 0.467 e. The molecule has 0 aromatic carbocycles. The van der Waals surface area contributed by atoms with Crippen molar-refractivity contribution in [1.29, 1.82) is 0 Å². The first-order valence-corrected chi connectivity index (χ1v) is 22.7. The van der Waals surface area contributed by atoms with Crippen LogP contribution in [-0.2, 0) is 0 Å². The van der Waals surface area contributed by atoms with Gasteiger partial charge >= 0.3 is 12.0 Å². The van der Waals surface area contributed by atoms with Crippen molar-refractivity contribution in [3.63, 3.8) is 0 Å². The van der Waals surface area contributed by atoms with E-state index in [4.69, 9.17) is 9.47 Å². The normalized spacial score (nSPS) is 18.9. The molecule has 0 saturated carbocycles. The number of methoxy groups -OCH3 is 2. The minimum Gasteiger partial charge on any atom is -0.467 e. The van der Waals surface area contributed by atoms with Crippen LogP contribution in [0.15, 0.2) is 9.98 Å². The van der Waals surface area contributed by atoms with Crippen molar-refractivity contribution in [3.05, 3.63) is 0 Å². The number of aromatic nitrogens is 6. The van der Waals surface area contributed by atoms with E-state index in [0.717, 1.165) is 103 Å². The Morgan fingerprint density at radius 2 is 0.850 bits per heavy atom. The minimum absolute atomic E-state index is 0.170. The fourth-order valence-corrected chi connectivity index (χ4v) is 9.06. The summed E-state index contributed by atoms with van der Waals surface area (Å²) in [5, 5.41) is 21.8. The molecule has 0 aliphatic carbocycles. The molecule has 6 N–H and O–H groups in total. The number of nitrogens with zero attached hydrogens (tertiary/aromatic N) is 8. The molecule has 2 aliphatic rings. The Morgan fingerprint density at radius 1 is 0.500 bits per heavy atom. The topological polar surface area (TPSA) is 193 Å². The van der Waals surface area contributed by atoms with Gasteiger partial charge < -0.3 is 41.4 Å². The highest BCUT2D eigenvalue weighted by Gasteiger charge is 2.38. The summed E-state index contributed by atoms with van der Waals surface area (Å²) in [6.07, 6.45) is 20.9. The van der Waals surface area contributed by atoms with Gasteiger partial charge in [-0.1, -0.05) is 25.7 Å². The number of anilines is 2. The molecule has 0 unspecified atom stereocenters. The van der Waals surface area contributed by atoms with Gasteiger partial charge in [-0.3, -0.25) is 0 Å². The third-order valence-corrected chi connectivity index (χ3v) is 10.9. The Kier molecular flexibility index (Phi) is 19.7. The van der Waals surface area contributed by atoms with Crippen molar-refractivity contribution in [3.8, 4) is 12.0 Å². The summed E-state index contributed by atoms with van der Waals surface area (Å²) in [6, 6.07) is 1.64. The van der Waals surface area contributed by atoms with Crippen molar-refractivity contribution >= 4 is 36.2 Å². The Hall–Kier alpha value is -3.60. The van der Waals surface area contributed by atoms with Crippen LogP contribution in [0.2, 0.25) is 0 Å². The average molecular weight is 837 g/mol. The van der Waals surface area contributed by atoms with Gasteiger partial charge in [0.15, 0.2) is 0 Å². The summed E-state index contributed by atoms with van der Waals surface area (Å²) >= 11 is 0. The molecule has 60 heavy (non-hydrogen) atoms. The van der Waals surface area contributed by atoms with Crippen molar-refractivity contribution in [2.75, 3.05) is 51.0 Å². The van der Waals surface area contributed by atoms with E-state index in [0.29, 0.717) is 35.9 Å². The summed E-state index contributed by atoms with van der Waals surface area (Å²) in [5.41, 5.74) is 0.681. The van der Waals surface area contributed by atoms with Gasteiger partial charge in [0.05, 0.1) is 14.2 Å². The second kappa shape index (κ2) is 24.1. The fraction of sp³-hybridized carbons (Fsp3) is 0.818. The molecule has 0 bridgehead atoms. The number of hydrogen-bond donors (Lipinski definition) is 6. The van der Waals surface area contributed by atoms with Crippen LogP contribution in [0.4, 0.5) is 23.8 Å². The van der Waals surface area contributed by atoms with Crippen LogP contribution < -0.4 is 41.4 Å². The number of piperidine rings is 2. The summed E-state index contributed by atoms with van der Waals surface area (Å²) in [6.45, 7) is 22.1. The predicted molar refractivity (Wildman–Crippen MR) is 246 cm³/mol. The van der Waals surface area contributed by atoms with E-state index < -0.39 is 0 Å². The van der Waals surface area contributed by atoms with Gasteiger partial charge in [-0.15, -0.1) is 0 Å². The van der Waals surface area contributed by atoms with Crippen LogP contribution in [0.3, 0.4) is 0 Å². The fourth-order valence-electron chi connectivity index (χ4n) is 9.06. The zero-order valence-corrected chi connectivity index (χ0v) is 38.8. The zero-order chi connectivity index (χ0) is 43.5. The maximum Gasteiger partial charge on any atom is 0.322 e. The number of rotatable bonds is 27. The second-order valence-corrected chi connectivity index (χ2v) is 19.4. The maximum atomic E-state index is 5.31. The highest BCUT2D eigenvalue weighted by Crippen LogP contribution is 2.29. The van der Waals surface area contributed by atoms with Crippen LogP contribution >= 0.6 is 0 Å². The predicted octanol–water partition coefficient (Wildman–Crippen LogP) is 7.48. The molecule has 4 heterocycles. The van der Waals surface area contributed by atoms with Gasteiger partial charge in [0, 0.05) is 59.8 Å². The average Bonchev–Trinajstić information content (AvgIpc) is 3.15. The van der Waals surface area contributed by atoms with E-state index >= 15 is 0 Å². The van der Waals surface area contributed by atoms with Crippen LogP contribution in [-0.4, -0.2) is 117 Å². The SMILES string of the molecule is COc1nc(N=CCCCCC=Nc2nc(NCCCCCCNC3CC(C)(C)NC(C)(C)C3)nc(OC)n2)nc(NCCCCCCNC2CC(C)(C)NC(C)(C)C2)n1. The summed E-state index contributed by atoms with van der Waals surface area (Å²) in [5.74, 6) is 1.64. The van der Waals surface area contributed by atoms with Gasteiger partial charge in [0.1, 0.15) is 0 Å². The molecule has 0 spiro atoms. The molecule has 2 saturated heterocycles. The zero-order valence-electron chi connectivity index (χ0n) is 38.8. The van der Waals surface area contributed by atoms with Crippen LogP contribution in [0, 0.1) is 0 Å². The second-order valence-electron chi connectivity index (χ2n) is 19.4. The summed E-state index contributed by atoms with van der Waals surface area (Å²) in [7, 11) is 3.11. The van der Waals surface area contributed by atoms with Crippen molar-refractivity contribution in [1.82, 2.24) is 51.2 Å². The van der Waals surface area contributed by atoms with E-state index in [1.54, 1.807) is 14.2 Å². The van der Waals surface area contributed by atoms with Crippen molar-refractivity contribution in [2.45, 2.75) is 192 Å². The standard InChI is InChI=1S/C44H80N14O2/c1-41(2)29-33(30-42(3,4)57-41)45-23-17-11-13-19-25-47-35-51-37(55-39(53-35)59-9)49-27-21-15-16-22-28-50-38-52-36(54-40(56-38)60-10)48-26-20-14-12-18-24-46-34-31-43(5,6)58-44(7,8)32-34/h27-28,33-34,45-46,57-58H,11-26,29-32H2,1-10H3,(H,47,51,53,55)(H,48,52,54,56). The molecule has 2 aromatic rings. The molecule has 0 atom stereocenters. The van der Waals surface area contributed by atoms with Crippen LogP contribution in [0.25, 0.3) is 0 Å². The molecule has 2 fully saturated rings. The molecule has 0 amide bonds. The Labute approximate surface area is 361 Å². The lowest BCUT2D eigenvalue weighted by molar-refractivity contribution is 0.145. The molecule has 0 radical (unpaired) electrons. The van der Waals surface area contributed by atoms with Crippen LogP contribution in [0.1, 0.15) is 158 Å². The monoisotopic (exact) mass is 837 g/mol. The van der Waals surface area contributed by atoms with E-state index in [1.807, 2.05) is 12.4 Å². The highest BCUT2D eigenvalue weighted by molar-refractivity contribution is 5.62. The maximum absolute atomic E-state index is 5.31. The number of hydrogen-bond acceptors (Lipinski definition) is 16. The van der Waals surface area contributed by atoms with Gasteiger partial charge in [-0.05, 0) is 146 Å². The smallest absolute Gasteiger partial charge is 0.322 e. The lowest BCUT2D eigenvalue weighted by Crippen LogP contribution is -2.61. The van der Waals surface area contributed by atoms with E-state index in [-0.39, 0.29) is 34.2 Å². The van der Waals surface area contributed by atoms with Gasteiger partial charge in [-0.25, -0.2) is 9.98 Å². The molecule has 2 aliphatic heterocycles. The highest BCUT2D eigenvalue weighted by atomic mass is 16.5. The summed E-state index contributed by atoms with van der Waals surface area (Å²) in [4.78, 5) is 35.2. The molecule has 16 nitrogen and oxygen atoms in total. The number of ether oxygens (including phenoxy) is 2. The lowest BCUT2D eigenvalue weighted by Gasteiger charge is -2.46. The van der Waals surface area contributed by atoms with Gasteiger partial charge in [0.25, 0.3) is 11.9 Å². The third-order valence-electron chi connectivity index (χ3n) is 10.9. The molecular weight excluding hydrogens is 757 g/mol. The Morgan fingerprint density at radius 3 is 1.20 bits per heavy atom. The molecule has 4 rings (SSSR count). The van der Waals surface area contributed by atoms with Crippen molar-refractivity contribution < 1.29 is 9.47 Å². The van der Waals surface area contributed by atoms with Gasteiger partial charge in [-0.2, -0.15) is 29.9 Å². The number of unbranched alkanes of at least 4 members (excludes halogenated alkanes) is 9. The molecular formula is C44H80N14O2. The molecule has 338 valence electrons. The van der Waals surface area contributed by atoms with Gasteiger partial charge in [0.2, 0.25) is 11.9 Å². The Balaban J connectivity index is 1.06. The molecule has 16 heteroatoms. The first-order chi connectivity index (χ1) is 28.5. The Bertz CT molecular complexity index is 1470. The van der Waals surface area contributed by atoms with E-state index in [9.17, 15) is 0 Å². The quantitative estimate of drug-likeness (QED) is 0.0383. The first kappa shape index (κ1) is 49.1. The lowest BCUT2D eigenvalue weighted by atomic mass is 9.79. The number of nitrogens with one attached hydrogen (secondary N) is 6. The minimum atomic E-state index is 0.170. The summed E-state index contributed by atoms with van der Waals surface area (Å²) < 4.78 is 10.6. The van der Waals surface area contributed by atoms with Crippen molar-refractivity contribution in [2.24, 2.45) is 9.98 Å². The first-order valence-electron chi connectivity index (χ1n) is 22.7. The molecule has 2 aromatic heterocycles. The number of aliphatic imine (C=N–C) groups is 2. The third kappa shape index (κ3) is 19.4. The van der Waals surface area contributed by atoms with Crippen LogP contribution in [0.5, 0.6) is 12.0 Å². The van der Waals surface area contributed by atoms with E-state index in [2.05, 4.69) is 127 Å². The van der Waals surface area contributed by atoms with E-state index in [1.165, 1.54) is 25.7 Å².